The molecule has 9 nitrogen and oxygen atoms in total. The van der Waals surface area contributed by atoms with E-state index in [9.17, 15) is 0 Å². The van der Waals surface area contributed by atoms with Gasteiger partial charge < -0.3 is 24.1 Å². The van der Waals surface area contributed by atoms with Crippen molar-refractivity contribution in [3.8, 4) is 5.75 Å². The van der Waals surface area contributed by atoms with E-state index < -0.39 is 0 Å². The quantitative estimate of drug-likeness (QED) is 0.497. The van der Waals surface area contributed by atoms with Crippen LogP contribution < -0.4 is 15.0 Å². The van der Waals surface area contributed by atoms with Crippen molar-refractivity contribution in [2.24, 2.45) is 9.98 Å². The van der Waals surface area contributed by atoms with E-state index in [1.807, 2.05) is 37.0 Å². The third kappa shape index (κ3) is 5.00. The van der Waals surface area contributed by atoms with Crippen LogP contribution in [-0.2, 0) is 4.74 Å². The van der Waals surface area contributed by atoms with Gasteiger partial charge in [-0.3, -0.25) is 9.98 Å². The molecule has 0 radical (unpaired) electrons. The molecule has 2 aliphatic rings. The van der Waals surface area contributed by atoms with E-state index in [-0.39, 0.29) is 6.10 Å². The van der Waals surface area contributed by atoms with Gasteiger partial charge in [-0.25, -0.2) is 9.97 Å². The Hall–Kier alpha value is -3.46. The Labute approximate surface area is 205 Å². The Morgan fingerprint density at radius 3 is 2.71 bits per heavy atom. The molecule has 5 rings (SSSR count). The van der Waals surface area contributed by atoms with E-state index >= 15 is 0 Å². The largest absolute Gasteiger partial charge is 0.488 e. The first-order valence-electron chi connectivity index (χ1n) is 12.3. The van der Waals surface area contributed by atoms with Crippen LogP contribution in [0, 0.1) is 6.92 Å². The lowest BCUT2D eigenvalue weighted by Crippen LogP contribution is -2.36. The van der Waals surface area contributed by atoms with Crippen molar-refractivity contribution in [3.05, 3.63) is 36.5 Å². The number of nitrogens with one attached hydrogen (secondary N) is 1. The highest BCUT2D eigenvalue weighted by Crippen LogP contribution is 2.43. The fourth-order valence-electron chi connectivity index (χ4n) is 4.97. The highest BCUT2D eigenvalue weighted by Gasteiger charge is 2.25. The summed E-state index contributed by atoms with van der Waals surface area (Å²) in [5, 5.41) is 3.64. The Morgan fingerprint density at radius 1 is 1.17 bits per heavy atom. The van der Waals surface area contributed by atoms with E-state index in [1.165, 1.54) is 0 Å². The molecule has 9 heteroatoms. The zero-order chi connectivity index (χ0) is 24.2. The summed E-state index contributed by atoms with van der Waals surface area (Å²) in [6.07, 6.45) is 11.4. The molecule has 1 aliphatic carbocycles. The molecule has 1 saturated heterocycles. The predicted molar refractivity (Wildman–Crippen MR) is 141 cm³/mol. The van der Waals surface area contributed by atoms with E-state index in [2.05, 4.69) is 49.0 Å². The minimum atomic E-state index is 0.118. The Kier molecular flexibility index (Phi) is 6.94. The van der Waals surface area contributed by atoms with Gasteiger partial charge in [-0.2, -0.15) is 0 Å². The van der Waals surface area contributed by atoms with Crippen LogP contribution in [0.3, 0.4) is 0 Å². The first-order valence-corrected chi connectivity index (χ1v) is 12.3. The molecule has 3 aromatic rings. The lowest BCUT2D eigenvalue weighted by molar-refractivity contribution is 0.122. The van der Waals surface area contributed by atoms with Gasteiger partial charge in [0.25, 0.3) is 0 Å². The summed E-state index contributed by atoms with van der Waals surface area (Å²) in [5.41, 5.74) is 4.59. The van der Waals surface area contributed by atoms with Crippen LogP contribution in [0.5, 0.6) is 5.75 Å². The second-order valence-corrected chi connectivity index (χ2v) is 9.05. The summed E-state index contributed by atoms with van der Waals surface area (Å²) in [5.74, 6) is 1.65. The highest BCUT2D eigenvalue weighted by molar-refractivity contribution is 5.80. The summed E-state index contributed by atoms with van der Waals surface area (Å²) in [6, 6.07) is 4.50. The van der Waals surface area contributed by atoms with Crippen LogP contribution in [0.1, 0.15) is 38.3 Å². The molecule has 3 heterocycles. The van der Waals surface area contributed by atoms with Gasteiger partial charge in [-0.15, -0.1) is 0 Å². The molecule has 1 N–H and O–H groups in total. The van der Waals surface area contributed by atoms with Gasteiger partial charge >= 0.3 is 0 Å². The standard InChI is InChI=1S/C26H33N7O2/c1-4-28-22-15-20(32-11-13-34-14-12-32)16-23(24(22)27-3)35-21-7-5-19(6-8-21)31-26-25-18(2)30-17-33(25)10-9-29-26/h4,9-10,15-17,19,21H,3,5-8,11-14H2,1-2H3,(H,29,31). The van der Waals surface area contributed by atoms with Crippen molar-refractivity contribution in [3.63, 3.8) is 0 Å². The first-order chi connectivity index (χ1) is 17.2. The second-order valence-electron chi connectivity index (χ2n) is 9.05. The molecule has 1 aromatic carbocycles. The van der Waals surface area contributed by atoms with E-state index in [1.54, 1.807) is 6.21 Å². The van der Waals surface area contributed by atoms with Crippen molar-refractivity contribution >= 4 is 41.3 Å². The molecule has 0 spiro atoms. The fraction of sp³-hybridized carbons (Fsp3) is 0.462. The average molecular weight is 476 g/mol. The van der Waals surface area contributed by atoms with Crippen LogP contribution in [0.25, 0.3) is 5.52 Å². The first kappa shape index (κ1) is 23.3. The molecule has 2 fully saturated rings. The molecular formula is C26H33N7O2. The number of nitrogens with zero attached hydrogens (tertiary/aromatic N) is 6. The summed E-state index contributed by atoms with van der Waals surface area (Å²) in [4.78, 5) is 20.1. The van der Waals surface area contributed by atoms with Crippen molar-refractivity contribution in [2.75, 3.05) is 36.5 Å². The van der Waals surface area contributed by atoms with Gasteiger partial charge in [0.15, 0.2) is 5.82 Å². The molecule has 1 aliphatic heterocycles. The van der Waals surface area contributed by atoms with E-state index in [4.69, 9.17) is 9.47 Å². The molecule has 184 valence electrons. The molecule has 0 unspecified atom stereocenters. The van der Waals surface area contributed by atoms with Gasteiger partial charge in [0.2, 0.25) is 0 Å². The van der Waals surface area contributed by atoms with Gasteiger partial charge in [0, 0.05) is 49.5 Å². The van der Waals surface area contributed by atoms with Crippen molar-refractivity contribution in [1.29, 1.82) is 0 Å². The van der Waals surface area contributed by atoms with Crippen molar-refractivity contribution in [2.45, 2.75) is 51.7 Å². The number of anilines is 2. The molecule has 0 atom stereocenters. The Bertz CT molecular complexity index is 1210. The maximum absolute atomic E-state index is 6.55. The van der Waals surface area contributed by atoms with Crippen LogP contribution in [0.4, 0.5) is 22.9 Å². The number of fused-ring (bicyclic) bond motifs is 1. The zero-order valence-electron chi connectivity index (χ0n) is 20.5. The highest BCUT2D eigenvalue weighted by atomic mass is 16.5. The predicted octanol–water partition coefficient (Wildman–Crippen LogP) is 4.73. The minimum Gasteiger partial charge on any atom is -0.488 e. The van der Waals surface area contributed by atoms with Crippen LogP contribution >= 0.6 is 0 Å². The van der Waals surface area contributed by atoms with Gasteiger partial charge in [-0.1, -0.05) is 0 Å². The summed E-state index contributed by atoms with van der Waals surface area (Å²) in [7, 11) is 0. The molecular weight excluding hydrogens is 442 g/mol. The zero-order valence-corrected chi connectivity index (χ0v) is 20.5. The SMILES string of the molecule is C=Nc1c(N=CC)cc(N2CCOCC2)cc1OC1CCC(Nc2nccn3cnc(C)c23)CC1. The minimum absolute atomic E-state index is 0.118. The Morgan fingerprint density at radius 2 is 1.97 bits per heavy atom. The summed E-state index contributed by atoms with van der Waals surface area (Å²) < 4.78 is 14.1. The third-order valence-electron chi connectivity index (χ3n) is 6.78. The number of aromatic nitrogens is 3. The van der Waals surface area contributed by atoms with E-state index in [0.29, 0.717) is 11.7 Å². The molecule has 1 saturated carbocycles. The number of hydrogen-bond acceptors (Lipinski definition) is 8. The smallest absolute Gasteiger partial charge is 0.152 e. The number of morpholine rings is 1. The summed E-state index contributed by atoms with van der Waals surface area (Å²) in [6.45, 7) is 10.9. The Balaban J connectivity index is 1.29. The maximum atomic E-state index is 6.55. The van der Waals surface area contributed by atoms with Gasteiger partial charge in [0.1, 0.15) is 17.0 Å². The van der Waals surface area contributed by atoms with Crippen LogP contribution in [0.15, 0.2) is 40.8 Å². The number of benzene rings is 1. The lowest BCUT2D eigenvalue weighted by atomic mass is 9.93. The topological polar surface area (TPSA) is 88.6 Å². The number of ether oxygens (including phenoxy) is 2. The number of imidazole rings is 1. The molecule has 2 aromatic heterocycles. The number of aryl methyl sites for hydroxylation is 1. The average Bonchev–Trinajstić information content (AvgIpc) is 3.27. The number of aliphatic imine (C=N–C) groups is 2. The van der Waals surface area contributed by atoms with Gasteiger partial charge in [0.05, 0.1) is 37.0 Å². The molecule has 0 amide bonds. The second kappa shape index (κ2) is 10.4. The van der Waals surface area contributed by atoms with Crippen LogP contribution in [-0.4, -0.2) is 65.7 Å². The van der Waals surface area contributed by atoms with Crippen LogP contribution in [0.2, 0.25) is 0 Å². The van der Waals surface area contributed by atoms with Crippen molar-refractivity contribution in [1.82, 2.24) is 14.4 Å². The number of hydrogen-bond donors (Lipinski definition) is 1. The fourth-order valence-corrected chi connectivity index (χ4v) is 4.97. The maximum Gasteiger partial charge on any atom is 0.152 e. The lowest BCUT2D eigenvalue weighted by Gasteiger charge is -2.32. The number of rotatable bonds is 7. The monoisotopic (exact) mass is 475 g/mol. The molecule has 0 bridgehead atoms. The summed E-state index contributed by atoms with van der Waals surface area (Å²) >= 11 is 0. The van der Waals surface area contributed by atoms with Crippen molar-refractivity contribution < 1.29 is 9.47 Å². The molecule has 35 heavy (non-hydrogen) atoms. The van der Waals surface area contributed by atoms with E-state index in [0.717, 1.165) is 86.1 Å². The normalized spacial score (nSPS) is 20.9. The van der Waals surface area contributed by atoms with Gasteiger partial charge in [-0.05, 0) is 52.3 Å². The third-order valence-corrected chi connectivity index (χ3v) is 6.78.